The number of ether oxygens (including phenoxy) is 1. The molecule has 0 saturated heterocycles. The van der Waals surface area contributed by atoms with Crippen LogP contribution in [0.3, 0.4) is 0 Å². The van der Waals surface area contributed by atoms with E-state index in [1.54, 1.807) is 5.57 Å². The highest BCUT2D eigenvalue weighted by molar-refractivity contribution is 8.04. The molecular weight excluding hydrogens is 821 g/mol. The Hall–Kier alpha value is -2.69. The largest absolute Gasteiger partial charge is 0.376 e. The van der Waals surface area contributed by atoms with Gasteiger partial charge in [0.2, 0.25) is 0 Å². The van der Waals surface area contributed by atoms with Gasteiger partial charge in [-0.25, -0.2) is 0 Å². The van der Waals surface area contributed by atoms with Crippen molar-refractivity contribution < 1.29 is 4.74 Å². The number of rotatable bonds is 5. The van der Waals surface area contributed by atoms with E-state index in [0.29, 0.717) is 21.5 Å². The van der Waals surface area contributed by atoms with E-state index in [0.717, 1.165) is 19.6 Å². The van der Waals surface area contributed by atoms with E-state index in [4.69, 9.17) is 4.74 Å². The molecule has 0 unspecified atom stereocenters. The molecule has 1 heterocycles. The highest BCUT2D eigenvalue weighted by Crippen LogP contribution is 2.38. The molecule has 2 rings (SSSR count). The van der Waals surface area contributed by atoms with Gasteiger partial charge in [-0.15, -0.1) is 11.8 Å². The molecule has 4 heteroatoms. The predicted molar refractivity (Wildman–Crippen MR) is 309 cm³/mol. The van der Waals surface area contributed by atoms with Crippen LogP contribution in [0.5, 0.6) is 0 Å². The first kappa shape index (κ1) is 67.6. The van der Waals surface area contributed by atoms with Gasteiger partial charge in [-0.3, -0.25) is 9.98 Å². The lowest BCUT2D eigenvalue weighted by molar-refractivity contribution is 0.149. The molecule has 0 spiro atoms. The molecule has 1 aliphatic rings. The fourth-order valence-electron chi connectivity index (χ4n) is 5.18. The summed E-state index contributed by atoms with van der Waals surface area (Å²) in [5.41, 5.74) is 3.36. The zero-order valence-electron chi connectivity index (χ0n) is 49.1. The van der Waals surface area contributed by atoms with Gasteiger partial charge in [-0.05, 0) is 87.5 Å². The molecule has 380 valence electrons. The molecular formula is C62H110N2OS. The minimum absolute atomic E-state index is 0.0439. The minimum Gasteiger partial charge on any atom is -0.376 e. The summed E-state index contributed by atoms with van der Waals surface area (Å²) in [4.78, 5) is 10.0. The maximum atomic E-state index is 5.53. The summed E-state index contributed by atoms with van der Waals surface area (Å²) >= 11 is 1.97. The van der Waals surface area contributed by atoms with Gasteiger partial charge in [0.1, 0.15) is 0 Å². The van der Waals surface area contributed by atoms with Crippen molar-refractivity contribution in [3.63, 3.8) is 0 Å². The number of hydrogen-bond donors (Lipinski definition) is 0. The molecule has 0 radical (unpaired) electrons. The Balaban J connectivity index is -0.000000756. The van der Waals surface area contributed by atoms with Gasteiger partial charge in [0.15, 0.2) is 0 Å². The second-order valence-corrected chi connectivity index (χ2v) is 29.6. The van der Waals surface area contributed by atoms with E-state index in [1.165, 1.54) is 15.3 Å². The van der Waals surface area contributed by atoms with Crippen molar-refractivity contribution >= 4 is 36.3 Å². The maximum absolute atomic E-state index is 5.53. The smallest absolute Gasteiger partial charge is 0.0775 e. The molecule has 1 aromatic carbocycles. The molecule has 3 nitrogen and oxygen atoms in total. The van der Waals surface area contributed by atoms with Gasteiger partial charge < -0.3 is 4.74 Å². The molecule has 0 atom stereocenters. The number of benzene rings is 1. The highest BCUT2D eigenvalue weighted by Gasteiger charge is 2.21. The molecule has 1 aliphatic heterocycles. The standard InChI is InChI=1S/C16H24.C12H22OS.C12H22.2C11H21N/c1-15(2,3)11-13-9-7-8-10-14(13)12-16(4,5)6;1-9(2)10-6-7-13-8-11(10)14-12(3,4)5;1-11(2,3)9-7-8-10-12(4,5)6;1-10(2,3)7-8-12-9-11(4,5)6;1-10(2,3)8-7-9-12-11(4,5)6/h7-12H,1-6H3;9H,6-8H2,1-5H3;7-10H,1-6H3;2*7-9H,1-6H3/b13-11-,14-12-;;9-7-,10-8-;2*8-7-,12-9?. The van der Waals surface area contributed by atoms with Gasteiger partial charge in [0.25, 0.3) is 0 Å². The Bertz CT molecular complexity index is 1600. The van der Waals surface area contributed by atoms with Crippen LogP contribution in [0.1, 0.15) is 207 Å². The van der Waals surface area contributed by atoms with Crippen molar-refractivity contribution in [3.05, 3.63) is 93.9 Å². The number of aliphatic imine (C=N–C) groups is 2. The molecule has 0 amide bonds. The first-order valence-corrected chi connectivity index (χ1v) is 25.6. The number of nitrogens with zero attached hydrogens (tertiary/aromatic N) is 2. The van der Waals surface area contributed by atoms with Gasteiger partial charge in [-0.1, -0.05) is 258 Å². The monoisotopic (exact) mass is 931 g/mol. The summed E-state index contributed by atoms with van der Waals surface area (Å²) in [6.45, 7) is 65.4. The van der Waals surface area contributed by atoms with Crippen LogP contribution in [0, 0.1) is 43.8 Å². The summed E-state index contributed by atoms with van der Waals surface area (Å²) in [5.74, 6) is 0.670. The molecule has 0 fully saturated rings. The van der Waals surface area contributed by atoms with E-state index < -0.39 is 0 Å². The summed E-state index contributed by atoms with van der Waals surface area (Å²) in [6.07, 6.45) is 26.5. The fraction of sp³-hybridized carbons (Fsp3) is 0.677. The third-order valence-electron chi connectivity index (χ3n) is 7.98. The van der Waals surface area contributed by atoms with Crippen LogP contribution < -0.4 is 10.4 Å². The van der Waals surface area contributed by atoms with Gasteiger partial charge in [0, 0.05) is 28.3 Å². The van der Waals surface area contributed by atoms with Crippen LogP contribution in [0.4, 0.5) is 0 Å². The lowest BCUT2D eigenvalue weighted by Crippen LogP contribution is -2.28. The lowest BCUT2D eigenvalue weighted by atomic mass is 9.92. The summed E-state index contributed by atoms with van der Waals surface area (Å²) in [6, 6.07) is 8.61. The predicted octanol–water partition coefficient (Wildman–Crippen LogP) is 18.5. The van der Waals surface area contributed by atoms with E-state index in [9.17, 15) is 0 Å². The maximum Gasteiger partial charge on any atom is 0.0775 e. The van der Waals surface area contributed by atoms with Crippen molar-refractivity contribution in [1.29, 1.82) is 0 Å². The van der Waals surface area contributed by atoms with Crippen LogP contribution in [0.2, 0.25) is 0 Å². The van der Waals surface area contributed by atoms with Crippen molar-refractivity contribution in [1.82, 2.24) is 0 Å². The third kappa shape index (κ3) is 52.3. The summed E-state index contributed by atoms with van der Waals surface area (Å²) in [7, 11) is 0. The van der Waals surface area contributed by atoms with Crippen molar-refractivity contribution in [3.8, 4) is 0 Å². The fourth-order valence-corrected chi connectivity index (χ4v) is 6.53. The molecule has 0 aliphatic carbocycles. The van der Waals surface area contributed by atoms with E-state index >= 15 is 0 Å². The Kier molecular flexibility index (Phi) is 30.1. The number of allylic oxidation sites excluding steroid dienone is 7. The summed E-state index contributed by atoms with van der Waals surface area (Å²) in [5, 5.41) is 2.68. The average molecular weight is 932 g/mol. The topological polar surface area (TPSA) is 34.0 Å². The Labute approximate surface area is 417 Å². The van der Waals surface area contributed by atoms with Crippen molar-refractivity contribution in [2.24, 2.45) is 53.8 Å². The lowest BCUT2D eigenvalue weighted by Gasteiger charge is -2.27. The van der Waals surface area contributed by atoms with E-state index in [-0.39, 0.29) is 32.6 Å². The zero-order chi connectivity index (χ0) is 52.7. The molecule has 0 bridgehead atoms. The van der Waals surface area contributed by atoms with Crippen LogP contribution in [-0.4, -0.2) is 35.9 Å². The van der Waals surface area contributed by atoms with Crippen LogP contribution in [-0.2, 0) is 4.74 Å². The summed E-state index contributed by atoms with van der Waals surface area (Å²) < 4.78 is 5.83. The van der Waals surface area contributed by atoms with Gasteiger partial charge in [-0.2, -0.15) is 0 Å². The number of hydrogen-bond acceptors (Lipinski definition) is 4. The highest BCUT2D eigenvalue weighted by atomic mass is 32.2. The molecule has 1 aromatic rings. The second-order valence-electron chi connectivity index (χ2n) is 27.7. The van der Waals surface area contributed by atoms with Crippen LogP contribution in [0.25, 0.3) is 12.2 Å². The van der Waals surface area contributed by atoms with E-state index in [1.807, 2.05) is 36.5 Å². The Morgan fingerprint density at radius 2 is 0.909 bits per heavy atom. The van der Waals surface area contributed by atoms with Crippen molar-refractivity contribution in [2.45, 2.75) is 217 Å². The average Bonchev–Trinajstić information content (AvgIpc) is 3.05. The normalized spacial score (nSPS) is 16.0. The number of thioether (sulfide) groups is 1. The minimum atomic E-state index is 0.0439. The molecule has 0 N–H and O–H groups in total. The zero-order valence-corrected chi connectivity index (χ0v) is 50.0. The quantitative estimate of drug-likeness (QED) is 0.218. The molecule has 0 saturated carbocycles. The van der Waals surface area contributed by atoms with Gasteiger partial charge in [0.05, 0.1) is 18.8 Å². The van der Waals surface area contributed by atoms with Crippen LogP contribution >= 0.6 is 11.8 Å². The van der Waals surface area contributed by atoms with Gasteiger partial charge >= 0.3 is 0 Å². The first-order valence-electron chi connectivity index (χ1n) is 24.8. The first-order chi connectivity index (χ1) is 29.2. The van der Waals surface area contributed by atoms with Crippen molar-refractivity contribution in [2.75, 3.05) is 13.2 Å². The molecule has 0 aromatic heterocycles. The van der Waals surface area contributed by atoms with E-state index in [2.05, 4.69) is 284 Å². The Morgan fingerprint density at radius 3 is 1.23 bits per heavy atom. The third-order valence-corrected chi connectivity index (χ3v) is 9.22. The second kappa shape index (κ2) is 29.4. The van der Waals surface area contributed by atoms with Crippen LogP contribution in [0.15, 0.2) is 93.5 Å². The Morgan fingerprint density at radius 1 is 0.515 bits per heavy atom. The SMILES string of the molecule is CC(C)(C)/C=C\C=C/C(C)(C)C.CC(C)(C)/C=C\C=NC(C)(C)C.CC(C)(C)/C=c1/cccc/c1=C/C(C)(C)C.CC(C)(C)C=N/C=C\C(C)(C)C.CC(C)C1=C(SC(C)(C)C)COCC1. The molecule has 66 heavy (non-hydrogen) atoms.